The molecule has 20 heavy (non-hydrogen) atoms. The van der Waals surface area contributed by atoms with Crippen molar-refractivity contribution in [1.82, 2.24) is 0 Å². The van der Waals surface area contributed by atoms with Crippen LogP contribution in [0.1, 0.15) is 27.2 Å². The monoisotopic (exact) mass is 281 g/mol. The van der Waals surface area contributed by atoms with E-state index in [1.807, 2.05) is 0 Å². The molecular formula is C14H23N3O3. The normalized spacial score (nSPS) is 12.8. The van der Waals surface area contributed by atoms with E-state index in [4.69, 9.17) is 0 Å². The molecule has 0 aliphatic rings. The SMILES string of the molecule is CNc1cc(NCC(O)CC(C)(C)C)cc([N+](=O)[O-])c1. The zero-order valence-electron chi connectivity index (χ0n) is 12.4. The Bertz CT molecular complexity index is 469. The molecule has 0 aliphatic carbocycles. The number of anilines is 2. The van der Waals surface area contributed by atoms with E-state index >= 15 is 0 Å². The fourth-order valence-electron chi connectivity index (χ4n) is 1.98. The number of nitro benzene ring substituents is 1. The minimum Gasteiger partial charge on any atom is -0.391 e. The molecule has 0 saturated carbocycles. The first-order chi connectivity index (χ1) is 9.21. The van der Waals surface area contributed by atoms with Crippen LogP contribution in [0.25, 0.3) is 0 Å². The lowest BCUT2D eigenvalue weighted by Crippen LogP contribution is -2.25. The average Bonchev–Trinajstić information content (AvgIpc) is 2.33. The van der Waals surface area contributed by atoms with Gasteiger partial charge in [-0.05, 0) is 17.9 Å². The number of non-ortho nitro benzene ring substituents is 1. The van der Waals surface area contributed by atoms with Crippen molar-refractivity contribution in [3.05, 3.63) is 28.3 Å². The van der Waals surface area contributed by atoms with Gasteiger partial charge < -0.3 is 15.7 Å². The number of nitrogens with zero attached hydrogens (tertiary/aromatic N) is 1. The standard InChI is InChI=1S/C14H23N3O3/c1-14(2,3)8-13(18)9-16-11-5-10(15-4)6-12(7-11)17(19)20/h5-7,13,15-16,18H,8-9H2,1-4H3. The average molecular weight is 281 g/mol. The number of aliphatic hydroxyl groups is 1. The Balaban J connectivity index is 2.72. The zero-order valence-corrected chi connectivity index (χ0v) is 12.4. The molecule has 0 amide bonds. The fourth-order valence-corrected chi connectivity index (χ4v) is 1.98. The molecule has 112 valence electrons. The van der Waals surface area contributed by atoms with Crippen LogP contribution in [0.2, 0.25) is 0 Å². The lowest BCUT2D eigenvalue weighted by molar-refractivity contribution is -0.384. The molecule has 1 rings (SSSR count). The summed E-state index contributed by atoms with van der Waals surface area (Å²) in [5.74, 6) is 0. The highest BCUT2D eigenvalue weighted by molar-refractivity contribution is 5.63. The van der Waals surface area contributed by atoms with Crippen molar-refractivity contribution < 1.29 is 10.0 Å². The van der Waals surface area contributed by atoms with Gasteiger partial charge in [0.25, 0.3) is 5.69 Å². The van der Waals surface area contributed by atoms with Crippen LogP contribution in [-0.4, -0.2) is 29.7 Å². The van der Waals surface area contributed by atoms with Gasteiger partial charge >= 0.3 is 0 Å². The molecule has 0 aliphatic heterocycles. The zero-order chi connectivity index (χ0) is 15.3. The van der Waals surface area contributed by atoms with Gasteiger partial charge in [0.1, 0.15) is 0 Å². The van der Waals surface area contributed by atoms with Crippen LogP contribution >= 0.6 is 0 Å². The predicted octanol–water partition coefficient (Wildman–Crippen LogP) is 2.85. The smallest absolute Gasteiger partial charge is 0.273 e. The fraction of sp³-hybridized carbons (Fsp3) is 0.571. The van der Waals surface area contributed by atoms with E-state index < -0.39 is 11.0 Å². The number of hydrogen-bond acceptors (Lipinski definition) is 5. The van der Waals surface area contributed by atoms with E-state index in [1.54, 1.807) is 13.1 Å². The molecule has 0 spiro atoms. The van der Waals surface area contributed by atoms with Crippen molar-refractivity contribution >= 4 is 17.1 Å². The van der Waals surface area contributed by atoms with Crippen LogP contribution in [0, 0.1) is 15.5 Å². The van der Waals surface area contributed by atoms with Crippen LogP contribution in [0.15, 0.2) is 18.2 Å². The Kier molecular flexibility index (Phi) is 5.33. The number of aliphatic hydroxyl groups excluding tert-OH is 1. The number of hydrogen-bond donors (Lipinski definition) is 3. The van der Waals surface area contributed by atoms with E-state index in [0.29, 0.717) is 24.3 Å². The van der Waals surface area contributed by atoms with Gasteiger partial charge in [0.2, 0.25) is 0 Å². The summed E-state index contributed by atoms with van der Waals surface area (Å²) in [5, 5.41) is 26.7. The number of rotatable bonds is 6. The number of benzene rings is 1. The molecule has 0 aromatic heterocycles. The van der Waals surface area contributed by atoms with Crippen molar-refractivity contribution in [3.8, 4) is 0 Å². The van der Waals surface area contributed by atoms with Crippen LogP contribution in [0.5, 0.6) is 0 Å². The summed E-state index contributed by atoms with van der Waals surface area (Å²) in [4.78, 5) is 10.4. The quantitative estimate of drug-likeness (QED) is 0.551. The maximum absolute atomic E-state index is 10.8. The summed E-state index contributed by atoms with van der Waals surface area (Å²) >= 11 is 0. The summed E-state index contributed by atoms with van der Waals surface area (Å²) in [5.41, 5.74) is 1.34. The number of nitrogens with one attached hydrogen (secondary N) is 2. The van der Waals surface area contributed by atoms with Crippen molar-refractivity contribution in [1.29, 1.82) is 0 Å². The molecule has 0 saturated heterocycles. The third-order valence-corrected chi connectivity index (χ3v) is 2.81. The molecule has 6 nitrogen and oxygen atoms in total. The highest BCUT2D eigenvalue weighted by atomic mass is 16.6. The Labute approximate surface area is 119 Å². The van der Waals surface area contributed by atoms with Gasteiger partial charge in [-0.3, -0.25) is 10.1 Å². The molecule has 3 N–H and O–H groups in total. The van der Waals surface area contributed by atoms with Crippen LogP contribution < -0.4 is 10.6 Å². The third kappa shape index (κ3) is 5.44. The Morgan fingerprint density at radius 3 is 2.40 bits per heavy atom. The molecule has 1 aromatic carbocycles. The Hall–Kier alpha value is -1.82. The van der Waals surface area contributed by atoms with E-state index in [1.165, 1.54) is 12.1 Å². The van der Waals surface area contributed by atoms with Crippen LogP contribution in [-0.2, 0) is 0 Å². The van der Waals surface area contributed by atoms with Gasteiger partial charge in [0.15, 0.2) is 0 Å². The first-order valence-corrected chi connectivity index (χ1v) is 6.60. The van der Waals surface area contributed by atoms with Gasteiger partial charge in [-0.25, -0.2) is 0 Å². The summed E-state index contributed by atoms with van der Waals surface area (Å²) in [6.45, 7) is 6.54. The van der Waals surface area contributed by atoms with Gasteiger partial charge in [0.05, 0.1) is 11.0 Å². The second-order valence-corrected chi connectivity index (χ2v) is 6.08. The van der Waals surface area contributed by atoms with E-state index in [0.717, 1.165) is 0 Å². The highest BCUT2D eigenvalue weighted by Crippen LogP contribution is 2.25. The Morgan fingerprint density at radius 1 is 1.30 bits per heavy atom. The summed E-state index contributed by atoms with van der Waals surface area (Å²) in [6.07, 6.45) is 0.167. The summed E-state index contributed by atoms with van der Waals surface area (Å²) in [6, 6.07) is 4.71. The lowest BCUT2D eigenvalue weighted by atomic mass is 9.89. The van der Waals surface area contributed by atoms with Gasteiger partial charge in [-0.1, -0.05) is 20.8 Å². The molecule has 6 heteroatoms. The van der Waals surface area contributed by atoms with Crippen LogP contribution in [0.4, 0.5) is 17.1 Å². The van der Waals surface area contributed by atoms with Gasteiger partial charge in [-0.2, -0.15) is 0 Å². The molecule has 0 fully saturated rings. The van der Waals surface area contributed by atoms with Gasteiger partial charge in [-0.15, -0.1) is 0 Å². The summed E-state index contributed by atoms with van der Waals surface area (Å²) in [7, 11) is 1.71. The molecule has 0 heterocycles. The minimum atomic E-state index is -0.493. The molecule has 1 atom stereocenters. The lowest BCUT2D eigenvalue weighted by Gasteiger charge is -2.22. The van der Waals surface area contributed by atoms with Crippen molar-refractivity contribution in [2.45, 2.75) is 33.3 Å². The highest BCUT2D eigenvalue weighted by Gasteiger charge is 2.17. The maximum atomic E-state index is 10.8. The first-order valence-electron chi connectivity index (χ1n) is 6.60. The summed E-state index contributed by atoms with van der Waals surface area (Å²) < 4.78 is 0. The van der Waals surface area contributed by atoms with Crippen LogP contribution in [0.3, 0.4) is 0 Å². The van der Waals surface area contributed by atoms with Crippen molar-refractivity contribution in [2.75, 3.05) is 24.2 Å². The minimum absolute atomic E-state index is 0.0182. The molecule has 1 aromatic rings. The predicted molar refractivity (Wildman–Crippen MR) is 81.2 cm³/mol. The van der Waals surface area contributed by atoms with E-state index in [2.05, 4.69) is 31.4 Å². The topological polar surface area (TPSA) is 87.4 Å². The molecule has 1 unspecified atom stereocenters. The van der Waals surface area contributed by atoms with E-state index in [-0.39, 0.29) is 11.1 Å². The first kappa shape index (κ1) is 16.2. The third-order valence-electron chi connectivity index (χ3n) is 2.81. The van der Waals surface area contributed by atoms with Crippen molar-refractivity contribution in [3.63, 3.8) is 0 Å². The molecular weight excluding hydrogens is 258 g/mol. The largest absolute Gasteiger partial charge is 0.391 e. The number of nitro groups is 1. The second kappa shape index (κ2) is 6.56. The van der Waals surface area contributed by atoms with E-state index in [9.17, 15) is 15.2 Å². The second-order valence-electron chi connectivity index (χ2n) is 6.08. The van der Waals surface area contributed by atoms with Crippen molar-refractivity contribution in [2.24, 2.45) is 5.41 Å². The maximum Gasteiger partial charge on any atom is 0.273 e. The Morgan fingerprint density at radius 2 is 1.90 bits per heavy atom. The van der Waals surface area contributed by atoms with Gasteiger partial charge in [0, 0.05) is 37.1 Å². The molecule has 0 bridgehead atoms. The molecule has 0 radical (unpaired) electrons.